The molecule has 3 rings (SSSR count). The molecule has 1 saturated heterocycles. The van der Waals surface area contributed by atoms with Gasteiger partial charge in [0.2, 0.25) is 0 Å². The number of carbonyl (C=O) groups excluding carboxylic acids is 2. The van der Waals surface area contributed by atoms with Crippen molar-refractivity contribution in [3.05, 3.63) is 65.7 Å². The summed E-state index contributed by atoms with van der Waals surface area (Å²) in [5, 5.41) is 10.1. The summed E-state index contributed by atoms with van der Waals surface area (Å²) in [7, 11) is 1.36. The molecule has 1 fully saturated rings. The van der Waals surface area contributed by atoms with Crippen molar-refractivity contribution >= 4 is 31.4 Å². The maximum absolute atomic E-state index is 12.2. The van der Waals surface area contributed by atoms with Crippen LogP contribution in [0.1, 0.15) is 22.3 Å². The molecule has 2 aromatic carbocycles. The molecule has 6 heteroatoms. The first kappa shape index (κ1) is 18.6. The van der Waals surface area contributed by atoms with Crippen LogP contribution in [0.3, 0.4) is 0 Å². The van der Waals surface area contributed by atoms with E-state index in [1.165, 1.54) is 7.11 Å². The van der Waals surface area contributed by atoms with Crippen LogP contribution in [0.4, 0.5) is 0 Å². The summed E-state index contributed by atoms with van der Waals surface area (Å²) >= 11 is -0.120. The van der Waals surface area contributed by atoms with Crippen LogP contribution in [-0.2, 0) is 19.9 Å². The van der Waals surface area contributed by atoms with Crippen LogP contribution in [0, 0.1) is 5.92 Å². The van der Waals surface area contributed by atoms with Gasteiger partial charge in [0.25, 0.3) is 0 Å². The number of aliphatic hydroxyl groups excluding tert-OH is 1. The van der Waals surface area contributed by atoms with Crippen LogP contribution >= 0.6 is 0 Å². The van der Waals surface area contributed by atoms with Crippen LogP contribution in [0.25, 0.3) is 0 Å². The van der Waals surface area contributed by atoms with Gasteiger partial charge in [-0.25, -0.2) is 0 Å². The molecule has 0 spiro atoms. The number of carbonyl (C=O) groups is 2. The molecule has 136 valence electrons. The third kappa shape index (κ3) is 3.68. The average Bonchev–Trinajstić information content (AvgIpc) is 3.03. The van der Waals surface area contributed by atoms with Crippen LogP contribution in [0.5, 0.6) is 0 Å². The Hall–Kier alpha value is -2.14. The first-order valence-corrected chi connectivity index (χ1v) is 10.4. The number of hydrogen-bond donors (Lipinski definition) is 1. The van der Waals surface area contributed by atoms with E-state index in [1.54, 1.807) is 12.1 Å². The minimum atomic E-state index is -0.769. The van der Waals surface area contributed by atoms with Crippen molar-refractivity contribution in [2.24, 2.45) is 5.92 Å². The summed E-state index contributed by atoms with van der Waals surface area (Å²) in [5.41, 5.74) is 0.692. The molecular weight excluding hydrogens is 399 g/mol. The van der Waals surface area contributed by atoms with E-state index in [2.05, 4.69) is 0 Å². The van der Waals surface area contributed by atoms with Gasteiger partial charge in [-0.3, -0.25) is 0 Å². The van der Waals surface area contributed by atoms with E-state index < -0.39 is 11.5 Å². The molecule has 2 atom stereocenters. The second-order valence-corrected chi connectivity index (χ2v) is 8.28. The zero-order chi connectivity index (χ0) is 18.6. The van der Waals surface area contributed by atoms with Gasteiger partial charge in [-0.05, 0) is 0 Å². The first-order valence-electron chi connectivity index (χ1n) is 8.29. The molecule has 2 aromatic rings. The fourth-order valence-corrected chi connectivity index (χ4v) is 5.64. The summed E-state index contributed by atoms with van der Waals surface area (Å²) < 4.78 is 11.6. The summed E-state index contributed by atoms with van der Waals surface area (Å²) in [6.07, 6.45) is 0.439. The van der Waals surface area contributed by atoms with Gasteiger partial charge in [0.15, 0.2) is 0 Å². The molecule has 1 heterocycles. The van der Waals surface area contributed by atoms with Crippen LogP contribution in [0.15, 0.2) is 54.6 Å². The zero-order valence-electron chi connectivity index (χ0n) is 14.4. The molecule has 0 bridgehead atoms. The maximum atomic E-state index is 12.2. The van der Waals surface area contributed by atoms with Crippen LogP contribution < -0.4 is 4.46 Å². The Balaban J connectivity index is 1.89. The number of benzene rings is 2. The summed E-state index contributed by atoms with van der Waals surface area (Å²) in [6.45, 7) is -0.223. The SMILES string of the molecule is COC(=O)c1ccccc1[Se]C[C@]1(c2ccccc2)C[C@@H](CO)C(=O)O1. The van der Waals surface area contributed by atoms with Crippen molar-refractivity contribution in [1.29, 1.82) is 0 Å². The number of cyclic esters (lactones) is 1. The number of ether oxygens (including phenoxy) is 2. The molecule has 0 amide bonds. The molecule has 0 unspecified atom stereocenters. The van der Waals surface area contributed by atoms with Gasteiger partial charge in [-0.15, -0.1) is 0 Å². The number of aliphatic hydroxyl groups is 1. The Labute approximate surface area is 158 Å². The second-order valence-electron chi connectivity index (χ2n) is 6.14. The van der Waals surface area contributed by atoms with Crippen LogP contribution in [-0.4, -0.2) is 45.7 Å². The number of rotatable bonds is 6. The van der Waals surface area contributed by atoms with Crippen molar-refractivity contribution in [2.45, 2.75) is 17.3 Å². The van der Waals surface area contributed by atoms with Gasteiger partial charge in [-0.1, -0.05) is 0 Å². The molecular formula is C20H20O5Se. The van der Waals surface area contributed by atoms with Crippen molar-refractivity contribution in [3.8, 4) is 0 Å². The summed E-state index contributed by atoms with van der Waals surface area (Å²) in [6, 6.07) is 17.0. The van der Waals surface area contributed by atoms with E-state index in [4.69, 9.17) is 9.47 Å². The molecule has 1 N–H and O–H groups in total. The first-order chi connectivity index (χ1) is 12.6. The Bertz CT molecular complexity index is 792. The van der Waals surface area contributed by atoms with Gasteiger partial charge < -0.3 is 0 Å². The van der Waals surface area contributed by atoms with Gasteiger partial charge in [-0.2, -0.15) is 0 Å². The van der Waals surface area contributed by atoms with Crippen molar-refractivity contribution in [1.82, 2.24) is 0 Å². The van der Waals surface area contributed by atoms with Crippen molar-refractivity contribution in [2.75, 3.05) is 13.7 Å². The van der Waals surface area contributed by atoms with Crippen molar-refractivity contribution in [3.63, 3.8) is 0 Å². The summed E-state index contributed by atoms with van der Waals surface area (Å²) in [5.74, 6) is -1.25. The molecule has 26 heavy (non-hydrogen) atoms. The van der Waals surface area contributed by atoms with Gasteiger partial charge in [0.05, 0.1) is 0 Å². The Kier molecular flexibility index (Phi) is 5.77. The monoisotopic (exact) mass is 420 g/mol. The quantitative estimate of drug-likeness (QED) is 0.570. The van der Waals surface area contributed by atoms with E-state index in [1.807, 2.05) is 42.5 Å². The molecule has 1 aliphatic rings. The van der Waals surface area contributed by atoms with E-state index >= 15 is 0 Å². The number of methoxy groups -OCH3 is 1. The average molecular weight is 419 g/mol. The van der Waals surface area contributed by atoms with Crippen molar-refractivity contribution < 1.29 is 24.2 Å². The van der Waals surface area contributed by atoms with Gasteiger partial charge in [0.1, 0.15) is 0 Å². The molecule has 1 aliphatic heterocycles. The Morgan fingerprint density at radius 1 is 1.23 bits per heavy atom. The normalized spacial score (nSPS) is 22.1. The molecule has 0 aromatic heterocycles. The topological polar surface area (TPSA) is 72.8 Å². The zero-order valence-corrected chi connectivity index (χ0v) is 16.1. The third-order valence-electron chi connectivity index (χ3n) is 4.48. The standard InChI is InChI=1S/C20H20O5Se/c1-24-19(23)16-9-5-6-10-17(16)26-13-20(15-7-3-2-4-8-15)11-14(12-21)18(22)25-20/h2-10,14,21H,11-13H2,1H3/t14-,20-/m0/s1. The summed E-state index contributed by atoms with van der Waals surface area (Å²) in [4.78, 5) is 24.2. The Morgan fingerprint density at radius 2 is 1.92 bits per heavy atom. The van der Waals surface area contributed by atoms with E-state index in [-0.39, 0.29) is 33.5 Å². The molecule has 0 saturated carbocycles. The van der Waals surface area contributed by atoms with E-state index in [0.29, 0.717) is 17.3 Å². The second kappa shape index (κ2) is 8.04. The fourth-order valence-electron chi connectivity index (χ4n) is 3.09. The van der Waals surface area contributed by atoms with Gasteiger partial charge >= 0.3 is 158 Å². The van der Waals surface area contributed by atoms with Gasteiger partial charge in [0, 0.05) is 0 Å². The molecule has 5 nitrogen and oxygen atoms in total. The Morgan fingerprint density at radius 3 is 2.58 bits per heavy atom. The number of hydrogen-bond acceptors (Lipinski definition) is 5. The molecule has 0 aliphatic carbocycles. The third-order valence-corrected chi connectivity index (χ3v) is 7.16. The predicted octanol–water partition coefficient (Wildman–Crippen LogP) is 1.67. The molecule has 0 radical (unpaired) electrons. The fraction of sp³-hybridized carbons (Fsp3) is 0.300. The minimum absolute atomic E-state index is 0.120. The number of esters is 2. The van der Waals surface area contributed by atoms with Crippen LogP contribution in [0.2, 0.25) is 5.32 Å². The van der Waals surface area contributed by atoms with E-state index in [0.717, 1.165) is 10.0 Å². The van der Waals surface area contributed by atoms with E-state index in [9.17, 15) is 14.7 Å². The predicted molar refractivity (Wildman–Crippen MR) is 97.4 cm³/mol.